The summed E-state index contributed by atoms with van der Waals surface area (Å²) in [6.45, 7) is 14.9. The molecule has 9 heterocycles. The van der Waals surface area contributed by atoms with Crippen LogP contribution in [0.3, 0.4) is 0 Å². The van der Waals surface area contributed by atoms with Gasteiger partial charge in [0.2, 0.25) is 0 Å². The van der Waals surface area contributed by atoms with Crippen molar-refractivity contribution in [3.8, 4) is 58.6 Å². The number of nitrogens with zero attached hydrogens (tertiary/aromatic N) is 11. The summed E-state index contributed by atoms with van der Waals surface area (Å²) in [4.78, 5) is 80.5. The monoisotopic (exact) mass is 1490 g/mol. The van der Waals surface area contributed by atoms with Gasteiger partial charge in [0, 0.05) is 161 Å². The summed E-state index contributed by atoms with van der Waals surface area (Å²) >= 11 is 0. The zero-order valence-corrected chi connectivity index (χ0v) is 66.3. The molecule has 9 aliphatic rings. The molecule has 6 aromatic carbocycles. The van der Waals surface area contributed by atoms with Crippen molar-refractivity contribution < 1.29 is 14.4 Å². The average molecular weight is 1490 g/mol. The lowest BCUT2D eigenvalue weighted by Gasteiger charge is -2.33. The maximum Gasteiger partial charge on any atom is 0.254 e. The summed E-state index contributed by atoms with van der Waals surface area (Å²) < 4.78 is 0. The number of likely N-dealkylation sites (tertiary alicyclic amines) is 3. The molecule has 9 aromatic rings. The van der Waals surface area contributed by atoms with Crippen molar-refractivity contribution >= 4 is 17.7 Å². The summed E-state index contributed by atoms with van der Waals surface area (Å²) in [6, 6.07) is 43.7. The highest BCUT2D eigenvalue weighted by Crippen LogP contribution is 2.46. The van der Waals surface area contributed by atoms with Gasteiger partial charge in [0.05, 0.1) is 46.0 Å². The van der Waals surface area contributed by atoms with Gasteiger partial charge < -0.3 is 44.4 Å². The minimum absolute atomic E-state index is 0.120. The Bertz CT molecular complexity index is 4990. The van der Waals surface area contributed by atoms with Crippen LogP contribution in [0.15, 0.2) is 115 Å². The van der Waals surface area contributed by atoms with Gasteiger partial charge in [-0.1, -0.05) is 79.8 Å². The molecule has 3 aliphatic carbocycles. The third-order valence-electron chi connectivity index (χ3n) is 26.6. The van der Waals surface area contributed by atoms with Crippen LogP contribution in [0.25, 0.3) is 34.2 Å². The van der Waals surface area contributed by atoms with Gasteiger partial charge in [-0.25, -0.2) is 15.0 Å². The Balaban J connectivity index is 0.000000127. The number of carbonyl (C=O) groups is 3. The Morgan fingerprint density at radius 2 is 0.732 bits per heavy atom. The Labute approximate surface area is 661 Å². The molecule has 3 aromatic heterocycles. The number of terminal acetylenes is 1. The second kappa shape index (κ2) is 33.6. The fourth-order valence-corrected chi connectivity index (χ4v) is 18.6. The molecule has 6 fully saturated rings. The fraction of sp³-hybridized carbons (Fsp3) is 0.453. The lowest BCUT2D eigenvalue weighted by Crippen LogP contribution is -2.38. The standard InChI is InChI=1S/C33H38N4O.2C31H35N5O/c1-4-23-8-10-24(11-9-23)25-12-18-37(19-13-25)33(38)27-21-29(28(20-22(27)2)26-6-5-7-26)32-34-30-14-16-36(3)17-15-31(30)35-32;1-20-16-26(24-4-3-5-24)27(30-33-28-12-13-35(2)19-29(28)34-30)17-25(20)31(37)36-14-10-23(11-15-36)22-8-6-21(18-32)7-9-22;1-35-15-13-28-29(14-16-35)34-30(33-28)27-19-25(9-10-26(27)24-3-2-4-24)31(37)36-17-11-23(12-18-36)22-7-5-21(20-32)6-8-22/h1,8-11,20-21,25-26H,5-7,12-19H2,2-3H3,(H,34,35);6-9,16-17,23-24H,3-5,10-15,19H2,1-2H3,(H,33,34);5-10,19,23-24H,2-4,11-18H2,1H3,(H,33,34). The lowest BCUT2D eigenvalue weighted by molar-refractivity contribution is 0.0704. The number of hydrogen-bond donors (Lipinski definition) is 3. The highest BCUT2D eigenvalue weighted by atomic mass is 16.2. The molecule has 17 nitrogen and oxygen atoms in total. The number of nitrogens with one attached hydrogen (secondary N) is 3. The van der Waals surface area contributed by atoms with Crippen molar-refractivity contribution in [2.75, 3.05) is 93.1 Å². The van der Waals surface area contributed by atoms with Gasteiger partial charge in [0.25, 0.3) is 17.7 Å². The normalized spacial score (nSPS) is 18.9. The van der Waals surface area contributed by atoms with Gasteiger partial charge in [0.1, 0.15) is 17.5 Å². The van der Waals surface area contributed by atoms with Crippen molar-refractivity contribution in [3.63, 3.8) is 0 Å². The second-order valence-corrected chi connectivity index (χ2v) is 33.8. The number of aromatic nitrogens is 6. The molecule has 3 saturated heterocycles. The number of piperidine rings is 3. The first kappa shape index (κ1) is 75.8. The number of H-pyrrole nitrogens is 3. The molecule has 3 N–H and O–H groups in total. The van der Waals surface area contributed by atoms with Crippen LogP contribution in [0, 0.1) is 48.9 Å². The van der Waals surface area contributed by atoms with Crippen LogP contribution in [0.5, 0.6) is 0 Å². The highest BCUT2D eigenvalue weighted by molar-refractivity contribution is 5.98. The maximum absolute atomic E-state index is 13.8. The number of nitriles is 2. The van der Waals surface area contributed by atoms with Gasteiger partial charge in [0.15, 0.2) is 0 Å². The number of carbonyl (C=O) groups excluding carboxylic acids is 3. The molecule has 112 heavy (non-hydrogen) atoms. The zero-order chi connectivity index (χ0) is 77.1. The van der Waals surface area contributed by atoms with Crippen molar-refractivity contribution in [1.82, 2.24) is 59.3 Å². The summed E-state index contributed by atoms with van der Waals surface area (Å²) in [6.07, 6.45) is 27.3. The number of amides is 3. The first-order valence-corrected chi connectivity index (χ1v) is 41.8. The van der Waals surface area contributed by atoms with Gasteiger partial charge >= 0.3 is 0 Å². The number of fused-ring (bicyclic) bond motifs is 3. The molecule has 3 saturated carbocycles. The van der Waals surface area contributed by atoms with E-state index in [1.165, 1.54) is 125 Å². The molecule has 3 amide bonds. The van der Waals surface area contributed by atoms with Crippen molar-refractivity contribution in [3.05, 3.63) is 227 Å². The maximum atomic E-state index is 13.8. The first-order chi connectivity index (χ1) is 54.6. The van der Waals surface area contributed by atoms with Gasteiger partial charge in [-0.2, -0.15) is 10.5 Å². The molecule has 0 unspecified atom stereocenters. The number of aromatic amines is 3. The number of likely N-dealkylation sites (N-methyl/N-ethyl adjacent to an activating group) is 3. The lowest BCUT2D eigenvalue weighted by atomic mass is 9.77. The third-order valence-corrected chi connectivity index (χ3v) is 26.6. The Morgan fingerprint density at radius 3 is 1.12 bits per heavy atom. The van der Waals surface area contributed by atoms with E-state index in [0.717, 1.165) is 217 Å². The predicted molar refractivity (Wildman–Crippen MR) is 441 cm³/mol. The van der Waals surface area contributed by atoms with E-state index in [4.69, 9.17) is 31.9 Å². The van der Waals surface area contributed by atoms with Crippen LogP contribution in [0.2, 0.25) is 0 Å². The number of rotatable bonds is 12. The first-order valence-electron chi connectivity index (χ1n) is 41.8. The fourth-order valence-electron chi connectivity index (χ4n) is 18.6. The molecule has 0 bridgehead atoms. The molecule has 0 atom stereocenters. The van der Waals surface area contributed by atoms with Gasteiger partial charge in [-0.15, -0.1) is 6.42 Å². The van der Waals surface area contributed by atoms with Gasteiger partial charge in [-0.05, 0) is 253 Å². The predicted octanol–water partition coefficient (Wildman–Crippen LogP) is 16.5. The zero-order valence-electron chi connectivity index (χ0n) is 66.3. The van der Waals surface area contributed by atoms with E-state index < -0.39 is 0 Å². The Hall–Kier alpha value is -10.2. The second-order valence-electron chi connectivity index (χ2n) is 33.8. The quantitative estimate of drug-likeness (QED) is 0.0982. The van der Waals surface area contributed by atoms with E-state index in [1.807, 2.05) is 52.3 Å². The molecular weight excluding hydrogens is 1390 g/mol. The van der Waals surface area contributed by atoms with Crippen molar-refractivity contribution in [2.45, 2.75) is 184 Å². The Kier molecular flexibility index (Phi) is 22.7. The van der Waals surface area contributed by atoms with Crippen molar-refractivity contribution in [2.24, 2.45) is 0 Å². The molecule has 18 rings (SSSR count). The summed E-state index contributed by atoms with van der Waals surface area (Å²) in [5.74, 6) is 8.95. The molecule has 17 heteroatoms. The summed E-state index contributed by atoms with van der Waals surface area (Å²) in [5, 5.41) is 18.1. The van der Waals surface area contributed by atoms with Crippen LogP contribution in [-0.2, 0) is 38.6 Å². The van der Waals surface area contributed by atoms with Crippen molar-refractivity contribution in [1.29, 1.82) is 10.5 Å². The topological polar surface area (TPSA) is 204 Å². The smallest absolute Gasteiger partial charge is 0.254 e. The summed E-state index contributed by atoms with van der Waals surface area (Å²) in [7, 11) is 6.50. The molecule has 576 valence electrons. The van der Waals surface area contributed by atoms with E-state index in [-0.39, 0.29) is 17.7 Å². The van der Waals surface area contributed by atoms with Crippen LogP contribution < -0.4 is 0 Å². The number of aryl methyl sites for hydroxylation is 2. The molecule has 6 aliphatic heterocycles. The van der Waals surface area contributed by atoms with E-state index in [2.05, 4.69) is 160 Å². The van der Waals surface area contributed by atoms with Crippen LogP contribution in [0.4, 0.5) is 0 Å². The van der Waals surface area contributed by atoms with E-state index >= 15 is 0 Å². The number of hydrogen-bond acceptors (Lipinski definition) is 11. The number of imidazole rings is 3. The minimum atomic E-state index is 0.120. The third kappa shape index (κ3) is 16.4. The molecule has 0 radical (unpaired) electrons. The van der Waals surface area contributed by atoms with E-state index in [1.54, 1.807) is 0 Å². The minimum Gasteiger partial charge on any atom is -0.342 e. The van der Waals surface area contributed by atoms with E-state index in [0.29, 0.717) is 46.6 Å². The Morgan fingerprint density at radius 1 is 0.384 bits per heavy atom. The molecule has 0 spiro atoms. The number of benzene rings is 6. The SMILES string of the molecule is C#Cc1ccc(C2CCN(C(=O)c3cc(-c4nc5c([nH]4)CCN(C)CC5)c(C4CCC4)cc3C)CC2)cc1.CN1CCc2nc(-c3cc(C(=O)N4CCC(c5ccc(C#N)cc5)CC4)ccc3C3CCC3)[nH]c2CC1.Cc1cc(C2CCC2)c(-c2nc3c([nH]2)CN(C)CC3)cc1C(=O)N1CCC(c2ccc(C#N)cc2)CC1. The van der Waals surface area contributed by atoms with Crippen LogP contribution in [-0.4, -0.2) is 170 Å². The largest absolute Gasteiger partial charge is 0.342 e. The molecular formula is C95H108N14O3. The van der Waals surface area contributed by atoms with Crippen LogP contribution in [0.1, 0.15) is 258 Å². The summed E-state index contributed by atoms with van der Waals surface area (Å²) in [5.41, 5.74) is 25.4. The highest BCUT2D eigenvalue weighted by Gasteiger charge is 2.35. The van der Waals surface area contributed by atoms with Gasteiger partial charge in [-0.3, -0.25) is 14.4 Å². The average Bonchev–Trinajstić information content (AvgIpc) is 1.57. The van der Waals surface area contributed by atoms with E-state index in [9.17, 15) is 14.4 Å². The van der Waals surface area contributed by atoms with Crippen LogP contribution >= 0.6 is 0 Å².